The highest BCUT2D eigenvalue weighted by Crippen LogP contribution is 2.38. The van der Waals surface area contributed by atoms with Crippen molar-refractivity contribution in [2.45, 2.75) is 32.6 Å². The van der Waals surface area contributed by atoms with E-state index in [4.69, 9.17) is 0 Å². The van der Waals surface area contributed by atoms with E-state index in [1.165, 1.54) is 41.3 Å². The van der Waals surface area contributed by atoms with Crippen LogP contribution in [0.1, 0.15) is 30.5 Å². The summed E-state index contributed by atoms with van der Waals surface area (Å²) in [7, 11) is -3.29. The molecule has 12 rings (SSSR count). The van der Waals surface area contributed by atoms with Crippen molar-refractivity contribution in [1.29, 1.82) is 0 Å². The van der Waals surface area contributed by atoms with Gasteiger partial charge in [0, 0.05) is 138 Å². The topological polar surface area (TPSA) is 214 Å². The molecule has 5 aromatic carbocycles. The number of nitrogens with one attached hydrogen (secondary N) is 5. The van der Waals surface area contributed by atoms with Gasteiger partial charge < -0.3 is 29.8 Å². The first-order chi connectivity index (χ1) is 39.1. The summed E-state index contributed by atoms with van der Waals surface area (Å²) in [4.78, 5) is 31.9. The molecule has 82 heavy (non-hydrogen) atoms. The van der Waals surface area contributed by atoms with Gasteiger partial charge in [-0.3, -0.25) is 30.0 Å². The van der Waals surface area contributed by atoms with Crippen LogP contribution in [-0.4, -0.2) is 166 Å². The number of benzene rings is 5. The lowest BCUT2D eigenvalue weighted by Gasteiger charge is -2.36. The quantitative estimate of drug-likeness (QED) is 0.0906. The number of H-pyrrole nitrogens is 4. The average Bonchev–Trinajstić information content (AvgIpc) is 4.45. The van der Waals surface area contributed by atoms with Crippen LogP contribution in [0.25, 0.3) is 43.6 Å². The first-order valence-corrected chi connectivity index (χ1v) is 28.1. The zero-order valence-corrected chi connectivity index (χ0v) is 45.8. The van der Waals surface area contributed by atoms with Gasteiger partial charge in [0.25, 0.3) is 0 Å². The Morgan fingerprint density at radius 2 is 0.939 bits per heavy atom. The molecular formula is C55H60F7N15O4S. The molecule has 19 nitrogen and oxygen atoms in total. The molecule has 9 aromatic rings. The second kappa shape index (κ2) is 24.7. The third-order valence-corrected chi connectivity index (χ3v) is 15.8. The zero-order chi connectivity index (χ0) is 58.3. The van der Waals surface area contributed by atoms with Crippen LogP contribution in [-0.2, 0) is 38.4 Å². The minimum absolute atomic E-state index is 0.0165. The van der Waals surface area contributed by atoms with Crippen LogP contribution >= 0.6 is 0 Å². The van der Waals surface area contributed by atoms with E-state index in [0.717, 1.165) is 71.2 Å². The predicted octanol–water partition coefficient (Wildman–Crippen LogP) is 8.50. The molecule has 0 aliphatic carbocycles. The molecule has 0 spiro atoms. The van der Waals surface area contributed by atoms with Gasteiger partial charge in [0.2, 0.25) is 21.8 Å². The highest BCUT2D eigenvalue weighted by molar-refractivity contribution is 7.88. The molecule has 3 saturated heterocycles. The summed E-state index contributed by atoms with van der Waals surface area (Å²) >= 11 is 0. The van der Waals surface area contributed by atoms with E-state index in [0.29, 0.717) is 104 Å². The van der Waals surface area contributed by atoms with Gasteiger partial charge in [-0.1, -0.05) is 36.4 Å². The van der Waals surface area contributed by atoms with Crippen LogP contribution in [0.15, 0.2) is 110 Å². The number of sulfonamides is 1. The smallest absolute Gasteiger partial charge is 0.384 e. The number of amides is 2. The monoisotopic (exact) mass is 1160 g/mol. The summed E-state index contributed by atoms with van der Waals surface area (Å²) in [6.45, 7) is 9.92. The van der Waals surface area contributed by atoms with Crippen molar-refractivity contribution in [3.05, 3.63) is 132 Å². The highest BCUT2D eigenvalue weighted by Gasteiger charge is 2.35. The Labute approximate surface area is 466 Å². The standard InChI is InChI=1S/C15H15N3.C14H15F3N4O.C13H15F3N4O2S.C13H15FN4O/c1-2-5-12(6-3-1)9-10-16-14-7-4-8-15-13(14)11-17-18-15;1-9(22)20-2-4-21(5-3-20)13-7-10(14(15,16)17)6-12-11(13)8-18-19-12;1-23(21,22)20-4-2-19(3-5-20)12-7-9(13(14,15)16)6-11-10(12)8-17-18-11;1-9(19)17-2-4-18(5-3-17)13-7-10(14)6-12-11(13)8-15-16-12/h1-8,11,16H,9-10H2,(H,17,18);6-8H,2-5H2,1H3,(H,18,19);6-8H,2-5H2,1H3,(H,17,18);6-8H,2-5H2,1H3,(H,15,16). The van der Waals surface area contributed by atoms with Gasteiger partial charge in [-0.2, -0.15) is 51.0 Å². The number of nitrogens with zero attached hydrogens (tertiary/aromatic N) is 10. The molecule has 0 saturated carbocycles. The van der Waals surface area contributed by atoms with Gasteiger partial charge >= 0.3 is 12.4 Å². The predicted molar refractivity (Wildman–Crippen MR) is 301 cm³/mol. The van der Waals surface area contributed by atoms with E-state index in [2.05, 4.69) is 81.3 Å². The lowest BCUT2D eigenvalue weighted by atomic mass is 10.1. The number of carbonyl (C=O) groups excluding carboxylic acids is 2. The molecule has 3 aliphatic heterocycles. The number of carbonyl (C=O) groups is 2. The fourth-order valence-corrected chi connectivity index (χ4v) is 10.9. The van der Waals surface area contributed by atoms with E-state index >= 15 is 0 Å². The largest absolute Gasteiger partial charge is 0.416 e. The SMILES string of the molecule is CC(=O)N1CCN(c2cc(C(F)(F)F)cc3[nH]ncc23)CC1.CC(=O)N1CCN(c2cc(F)cc3[nH]ncc23)CC1.CS(=O)(=O)N1CCN(c2cc(C(F)(F)F)cc3[nH]ncc23)CC1.c1ccc(CCNc2cccc3[nH]ncc23)cc1. The summed E-state index contributed by atoms with van der Waals surface area (Å²) in [5, 5.41) is 33.4. The van der Waals surface area contributed by atoms with Crippen molar-refractivity contribution in [3.63, 3.8) is 0 Å². The molecule has 0 bridgehead atoms. The molecule has 7 heterocycles. The number of aromatic amines is 4. The fraction of sp³-hybridized carbons (Fsp3) is 0.345. The number of hydrogen-bond acceptors (Lipinski definition) is 12. The van der Waals surface area contributed by atoms with Crippen molar-refractivity contribution in [1.82, 2.24) is 54.9 Å². The Hall–Kier alpha value is -8.46. The van der Waals surface area contributed by atoms with E-state index in [1.807, 2.05) is 34.2 Å². The zero-order valence-electron chi connectivity index (χ0n) is 45.0. The molecule has 5 N–H and O–H groups in total. The Morgan fingerprint density at radius 3 is 1.38 bits per heavy atom. The molecule has 2 amide bonds. The lowest BCUT2D eigenvalue weighted by molar-refractivity contribution is -0.138. The maximum atomic E-state index is 13.6. The molecular weight excluding hydrogens is 1100 g/mol. The molecule has 434 valence electrons. The molecule has 0 atom stereocenters. The Kier molecular flexibility index (Phi) is 17.5. The van der Waals surface area contributed by atoms with Crippen LogP contribution in [0, 0.1) is 5.82 Å². The van der Waals surface area contributed by atoms with Crippen LogP contribution in [0.3, 0.4) is 0 Å². The van der Waals surface area contributed by atoms with Crippen LogP contribution < -0.4 is 20.0 Å². The third kappa shape index (κ3) is 14.0. The van der Waals surface area contributed by atoms with E-state index in [-0.39, 0.29) is 30.7 Å². The summed E-state index contributed by atoms with van der Waals surface area (Å²) in [5.41, 5.74) is 5.22. The summed E-state index contributed by atoms with van der Waals surface area (Å²) in [5.74, 6) is -0.203. The van der Waals surface area contributed by atoms with Crippen molar-refractivity contribution in [3.8, 4) is 0 Å². The molecule has 3 aliphatic rings. The molecule has 3 fully saturated rings. The minimum Gasteiger partial charge on any atom is -0.384 e. The summed E-state index contributed by atoms with van der Waals surface area (Å²) in [6.07, 6.45) is -0.133. The Morgan fingerprint density at radius 1 is 0.524 bits per heavy atom. The van der Waals surface area contributed by atoms with Crippen molar-refractivity contribution in [2.75, 3.05) is 111 Å². The average molecular weight is 1160 g/mol. The van der Waals surface area contributed by atoms with Crippen LogP contribution in [0.2, 0.25) is 0 Å². The number of fused-ring (bicyclic) bond motifs is 4. The van der Waals surface area contributed by atoms with Gasteiger partial charge in [0.05, 0.1) is 69.9 Å². The fourth-order valence-electron chi connectivity index (χ4n) is 10.1. The molecule has 0 unspecified atom stereocenters. The first kappa shape index (κ1) is 58.2. The molecule has 0 radical (unpaired) electrons. The van der Waals surface area contributed by atoms with Crippen molar-refractivity contribution < 1.29 is 48.7 Å². The van der Waals surface area contributed by atoms with E-state index < -0.39 is 33.5 Å². The van der Waals surface area contributed by atoms with E-state index in [1.54, 1.807) is 22.9 Å². The second-order valence-corrected chi connectivity index (χ2v) is 21.8. The number of anilines is 4. The van der Waals surface area contributed by atoms with Crippen molar-refractivity contribution in [2.24, 2.45) is 0 Å². The van der Waals surface area contributed by atoms with Gasteiger partial charge in [0.1, 0.15) is 5.82 Å². The maximum Gasteiger partial charge on any atom is 0.416 e. The summed E-state index contributed by atoms with van der Waals surface area (Å²) < 4.78 is 116. The van der Waals surface area contributed by atoms with Crippen LogP contribution in [0.4, 0.5) is 53.5 Å². The number of piperazine rings is 3. The maximum absolute atomic E-state index is 13.6. The number of rotatable bonds is 8. The first-order valence-electron chi connectivity index (χ1n) is 26.2. The highest BCUT2D eigenvalue weighted by atomic mass is 32.2. The van der Waals surface area contributed by atoms with Gasteiger partial charge in [0.15, 0.2) is 0 Å². The number of alkyl halides is 6. The van der Waals surface area contributed by atoms with E-state index in [9.17, 15) is 48.7 Å². The number of hydrogen-bond donors (Lipinski definition) is 5. The third-order valence-electron chi connectivity index (χ3n) is 14.5. The Bertz CT molecular complexity index is 3750. The number of aromatic nitrogens is 8. The Balaban J connectivity index is 0.000000132. The lowest BCUT2D eigenvalue weighted by Crippen LogP contribution is -2.48. The van der Waals surface area contributed by atoms with Crippen molar-refractivity contribution >= 4 is 88.2 Å². The molecule has 4 aromatic heterocycles. The van der Waals surface area contributed by atoms with Gasteiger partial charge in [-0.25, -0.2) is 12.8 Å². The van der Waals surface area contributed by atoms with Gasteiger partial charge in [-0.15, -0.1) is 0 Å². The normalized spacial score (nSPS) is 15.5. The minimum atomic E-state index is -4.46. The number of halogens is 7. The van der Waals surface area contributed by atoms with Crippen LogP contribution in [0.5, 0.6) is 0 Å². The second-order valence-electron chi connectivity index (χ2n) is 19.8. The van der Waals surface area contributed by atoms with Gasteiger partial charge in [-0.05, 0) is 60.5 Å². The summed E-state index contributed by atoms with van der Waals surface area (Å²) in [6, 6.07) is 24.0. The molecule has 27 heteroatoms.